The van der Waals surface area contributed by atoms with Gasteiger partial charge in [-0.1, -0.05) is 171 Å². The average Bonchev–Trinajstić information content (AvgIpc) is 3.82. The second kappa shape index (κ2) is 16.3. The second-order valence-corrected chi connectivity index (χ2v) is 30.5. The molecule has 0 saturated heterocycles. The summed E-state index contributed by atoms with van der Waals surface area (Å²) in [6.07, 6.45) is 7.15. The van der Waals surface area contributed by atoms with Crippen LogP contribution in [0.3, 0.4) is 0 Å². The van der Waals surface area contributed by atoms with Crippen LogP contribution in [0.5, 0.6) is 0 Å². The van der Waals surface area contributed by atoms with Gasteiger partial charge in [-0.2, -0.15) is 0 Å². The largest absolute Gasteiger partial charge is 0.337 e. The SMILES string of the molecule is Cc1cc2c3c(c1)N(c1ccc4c(c1)C(C)(C)CCC4(C)C)c1cc4c(cc1B3c1sc3cc5c(cc3c1N2Cc1ccc(C(C)(C)C)cc1-c1ccc2ccccc2c1)C(C)(C)CCC5(C)C)C(C)(C)CCC4(C)C. The predicted octanol–water partition coefficient (Wildman–Crippen LogP) is 18.3. The molecule has 13 rings (SSSR count). The van der Waals surface area contributed by atoms with E-state index >= 15 is 0 Å². The number of benzene rings is 7. The fraction of sp³-hybridized carbons (Fsp3) is 0.417. The van der Waals surface area contributed by atoms with Gasteiger partial charge in [0.15, 0.2) is 0 Å². The van der Waals surface area contributed by atoms with Gasteiger partial charge in [-0.15, -0.1) is 11.3 Å². The lowest BCUT2D eigenvalue weighted by Gasteiger charge is -2.47. The van der Waals surface area contributed by atoms with E-state index in [1.54, 1.807) is 5.56 Å². The zero-order chi connectivity index (χ0) is 53.6. The molecule has 0 saturated carbocycles. The zero-order valence-electron chi connectivity index (χ0n) is 48.8. The number of nitrogens with zero attached hydrogens (tertiary/aromatic N) is 2. The van der Waals surface area contributed by atoms with Gasteiger partial charge in [-0.25, -0.2) is 0 Å². The van der Waals surface area contributed by atoms with Crippen molar-refractivity contribution in [2.75, 3.05) is 9.80 Å². The number of rotatable bonds is 4. The normalized spacial score (nSPS) is 19.9. The smallest absolute Gasteiger partial charge is 0.264 e. The molecule has 2 nitrogen and oxygen atoms in total. The number of fused-ring (bicyclic) bond motifs is 10. The number of hydrogen-bond donors (Lipinski definition) is 0. The van der Waals surface area contributed by atoms with Crippen LogP contribution in [0.1, 0.15) is 192 Å². The van der Waals surface area contributed by atoms with Crippen molar-refractivity contribution in [3.63, 3.8) is 0 Å². The van der Waals surface area contributed by atoms with E-state index in [-0.39, 0.29) is 44.6 Å². The van der Waals surface area contributed by atoms with Gasteiger partial charge in [0.25, 0.3) is 6.71 Å². The molecule has 5 aliphatic rings. The van der Waals surface area contributed by atoms with E-state index in [0.717, 1.165) is 6.54 Å². The summed E-state index contributed by atoms with van der Waals surface area (Å²) in [5.74, 6) is 0. The number of thiophene rings is 1. The number of hydrogen-bond acceptors (Lipinski definition) is 3. The van der Waals surface area contributed by atoms with E-state index in [2.05, 4.69) is 247 Å². The zero-order valence-corrected chi connectivity index (χ0v) is 49.6. The lowest BCUT2D eigenvalue weighted by atomic mass is 9.35. The first-order chi connectivity index (χ1) is 35.6. The predicted molar refractivity (Wildman–Crippen MR) is 332 cm³/mol. The molecule has 388 valence electrons. The summed E-state index contributed by atoms with van der Waals surface area (Å²) in [5, 5.41) is 3.98. The molecule has 4 heteroatoms. The summed E-state index contributed by atoms with van der Waals surface area (Å²) in [7, 11) is 0. The number of anilines is 5. The van der Waals surface area contributed by atoms with Crippen LogP contribution in [0.2, 0.25) is 0 Å². The van der Waals surface area contributed by atoms with Crippen LogP contribution < -0.4 is 25.5 Å². The summed E-state index contributed by atoms with van der Waals surface area (Å²) < 4.78 is 2.91. The van der Waals surface area contributed by atoms with Crippen LogP contribution in [-0.4, -0.2) is 6.71 Å². The maximum Gasteiger partial charge on any atom is 0.264 e. The maximum atomic E-state index is 2.81. The van der Waals surface area contributed by atoms with Crippen molar-refractivity contribution in [3.8, 4) is 11.1 Å². The molecule has 3 heterocycles. The Kier molecular flexibility index (Phi) is 10.7. The lowest BCUT2D eigenvalue weighted by molar-refractivity contribution is 0.332. The van der Waals surface area contributed by atoms with Crippen LogP contribution in [0.4, 0.5) is 28.4 Å². The minimum atomic E-state index is -0.00400. The Hall–Kier alpha value is -5.58. The van der Waals surface area contributed by atoms with Gasteiger partial charge in [0, 0.05) is 44.2 Å². The Morgan fingerprint density at radius 2 is 1.08 bits per heavy atom. The highest BCUT2D eigenvalue weighted by Gasteiger charge is 2.49. The molecular weight excluding hydrogens is 936 g/mol. The van der Waals surface area contributed by atoms with E-state index < -0.39 is 0 Å². The first-order valence-electron chi connectivity index (χ1n) is 28.9. The molecular formula is C72H81BN2S. The van der Waals surface area contributed by atoms with Gasteiger partial charge < -0.3 is 9.80 Å². The molecule has 1 aromatic heterocycles. The Labute approximate surface area is 460 Å². The molecule has 0 spiro atoms. The molecule has 0 bridgehead atoms. The highest BCUT2D eigenvalue weighted by molar-refractivity contribution is 7.33. The van der Waals surface area contributed by atoms with Crippen molar-refractivity contribution < 1.29 is 0 Å². The van der Waals surface area contributed by atoms with Gasteiger partial charge in [0.1, 0.15) is 0 Å². The quantitative estimate of drug-likeness (QED) is 0.162. The minimum absolute atomic E-state index is 0.00400. The van der Waals surface area contributed by atoms with Crippen LogP contribution in [-0.2, 0) is 44.4 Å². The average molecular weight is 1020 g/mol. The van der Waals surface area contributed by atoms with Gasteiger partial charge in [0.05, 0.1) is 5.69 Å². The monoisotopic (exact) mass is 1020 g/mol. The summed E-state index contributed by atoms with van der Waals surface area (Å²) >= 11 is 2.09. The van der Waals surface area contributed by atoms with Crippen LogP contribution in [0.25, 0.3) is 32.0 Å². The molecule has 0 fully saturated rings. The van der Waals surface area contributed by atoms with Gasteiger partial charge in [0.2, 0.25) is 0 Å². The van der Waals surface area contributed by atoms with E-state index in [1.807, 2.05) is 0 Å². The van der Waals surface area contributed by atoms with Gasteiger partial charge >= 0.3 is 0 Å². The molecule has 76 heavy (non-hydrogen) atoms. The molecule has 2 aliphatic heterocycles. The molecule has 3 aliphatic carbocycles. The highest BCUT2D eigenvalue weighted by Crippen LogP contribution is 2.55. The molecule has 0 atom stereocenters. The van der Waals surface area contributed by atoms with Crippen molar-refractivity contribution in [2.24, 2.45) is 0 Å². The molecule has 0 amide bonds. The highest BCUT2D eigenvalue weighted by atomic mass is 32.1. The fourth-order valence-electron chi connectivity index (χ4n) is 15.0. The summed E-state index contributed by atoms with van der Waals surface area (Å²) in [4.78, 5) is 5.56. The van der Waals surface area contributed by atoms with Crippen LogP contribution in [0.15, 0.2) is 115 Å². The first kappa shape index (κ1) is 50.0. The summed E-state index contributed by atoms with van der Waals surface area (Å²) in [6, 6.07) is 46.9. The molecule has 7 aromatic carbocycles. The molecule has 0 unspecified atom stereocenters. The Bertz CT molecular complexity index is 3770. The van der Waals surface area contributed by atoms with E-state index in [4.69, 9.17) is 0 Å². The third kappa shape index (κ3) is 7.52. The van der Waals surface area contributed by atoms with E-state index in [1.165, 1.54) is 159 Å². The lowest BCUT2D eigenvalue weighted by Crippen LogP contribution is -2.61. The Morgan fingerprint density at radius 1 is 0.513 bits per heavy atom. The standard InChI is InChI=1S/C72H81BN2S/c1-43-33-60-63-61(34-43)75(49-25-26-52-53(37-49)68(7,8)28-27-67(52,5)6)59-40-56-55(70(11,12)30-31-71(56,13)14)39-58(59)73(63)65-64(51-38-54-57(41-62(51)76-65)72(15,16)32-29-69(54,9)10)74(60)42-47-23-24-48(66(2,3)4)36-50(47)46-22-21-44-19-17-18-20-45(44)35-46/h17-26,33-41H,27-32,42H2,1-16H3. The Morgan fingerprint density at radius 3 is 1.72 bits per heavy atom. The summed E-state index contributed by atoms with van der Waals surface area (Å²) in [5.41, 5.74) is 25.9. The maximum absolute atomic E-state index is 2.81. The van der Waals surface area contributed by atoms with Crippen molar-refractivity contribution in [2.45, 2.75) is 194 Å². The third-order valence-corrected chi connectivity index (χ3v) is 21.5. The van der Waals surface area contributed by atoms with E-state index in [0.29, 0.717) is 0 Å². The van der Waals surface area contributed by atoms with Crippen LogP contribution >= 0.6 is 11.3 Å². The molecule has 8 aromatic rings. The fourth-order valence-corrected chi connectivity index (χ4v) is 16.3. The first-order valence-corrected chi connectivity index (χ1v) is 29.8. The topological polar surface area (TPSA) is 6.48 Å². The van der Waals surface area contributed by atoms with Crippen molar-refractivity contribution in [3.05, 3.63) is 165 Å². The number of aryl methyl sites for hydroxylation is 1. The third-order valence-electron chi connectivity index (χ3n) is 20.3. The minimum Gasteiger partial charge on any atom is -0.337 e. The van der Waals surface area contributed by atoms with Crippen molar-refractivity contribution in [1.29, 1.82) is 0 Å². The van der Waals surface area contributed by atoms with E-state index in [9.17, 15) is 0 Å². The van der Waals surface area contributed by atoms with Gasteiger partial charge in [-0.3, -0.25) is 0 Å². The molecule has 0 radical (unpaired) electrons. The Balaban J connectivity index is 1.13. The van der Waals surface area contributed by atoms with Crippen molar-refractivity contribution in [1.82, 2.24) is 0 Å². The second-order valence-electron chi connectivity index (χ2n) is 29.5. The summed E-state index contributed by atoms with van der Waals surface area (Å²) in [6.45, 7) is 40.2. The van der Waals surface area contributed by atoms with Gasteiger partial charge in [-0.05, 0) is 215 Å². The van der Waals surface area contributed by atoms with Crippen LogP contribution in [0, 0.1) is 6.92 Å². The van der Waals surface area contributed by atoms with Crippen molar-refractivity contribution >= 4 is 83.0 Å². The molecule has 0 N–H and O–H groups in total.